The highest BCUT2D eigenvalue weighted by Gasteiger charge is 2.42. The van der Waals surface area contributed by atoms with Crippen LogP contribution in [0.5, 0.6) is 5.75 Å². The summed E-state index contributed by atoms with van der Waals surface area (Å²) in [5.74, 6) is -3.11. The standard InChI is InChI=1S/C30H35F3N2O6/c31-30(32,33)23-10-8-21(9-11-23)29(38)41-26-12-5-20(6-13-26)7-14-27(36)39-15-3-1-2-4-16-40-28(37)22-17-24(34)19-25(35)18-22/h5-7,12-14,17-19,21,23H,1-4,8-11,15-16,34-35H2/b14-7+. The first-order chi connectivity index (χ1) is 19.5. The molecule has 0 amide bonds. The van der Waals surface area contributed by atoms with Gasteiger partial charge in [-0.25, -0.2) is 9.59 Å². The lowest BCUT2D eigenvalue weighted by atomic mass is 9.82. The van der Waals surface area contributed by atoms with Crippen molar-refractivity contribution in [1.82, 2.24) is 0 Å². The molecule has 41 heavy (non-hydrogen) atoms. The van der Waals surface area contributed by atoms with Gasteiger partial charge in [-0.1, -0.05) is 12.1 Å². The van der Waals surface area contributed by atoms with E-state index in [2.05, 4.69) is 0 Å². The zero-order chi connectivity index (χ0) is 29.8. The number of hydrogen-bond donors (Lipinski definition) is 2. The molecule has 0 aromatic heterocycles. The van der Waals surface area contributed by atoms with E-state index in [0.717, 1.165) is 12.8 Å². The summed E-state index contributed by atoms with van der Waals surface area (Å²) in [6, 6.07) is 11.0. The molecular weight excluding hydrogens is 541 g/mol. The Bertz CT molecular complexity index is 1190. The average molecular weight is 577 g/mol. The summed E-state index contributed by atoms with van der Waals surface area (Å²) in [7, 11) is 0. The zero-order valence-electron chi connectivity index (χ0n) is 22.7. The summed E-state index contributed by atoms with van der Waals surface area (Å²) in [6.07, 6.45) is 1.74. The summed E-state index contributed by atoms with van der Waals surface area (Å²) >= 11 is 0. The van der Waals surface area contributed by atoms with Gasteiger partial charge in [0.2, 0.25) is 0 Å². The lowest BCUT2D eigenvalue weighted by Crippen LogP contribution is -2.31. The van der Waals surface area contributed by atoms with Gasteiger partial charge in [0.05, 0.1) is 30.6 Å². The van der Waals surface area contributed by atoms with E-state index < -0.39 is 35.9 Å². The molecule has 2 aromatic rings. The molecule has 222 valence electrons. The van der Waals surface area contributed by atoms with Crippen LogP contribution >= 0.6 is 0 Å². The predicted octanol–water partition coefficient (Wildman–Crippen LogP) is 6.10. The monoisotopic (exact) mass is 576 g/mol. The predicted molar refractivity (Wildman–Crippen MR) is 148 cm³/mol. The van der Waals surface area contributed by atoms with E-state index >= 15 is 0 Å². The number of anilines is 2. The van der Waals surface area contributed by atoms with Gasteiger partial charge in [0.25, 0.3) is 0 Å². The Kier molecular flexibility index (Phi) is 11.6. The lowest BCUT2D eigenvalue weighted by molar-refractivity contribution is -0.185. The molecule has 4 N–H and O–H groups in total. The number of hydrogen-bond acceptors (Lipinski definition) is 8. The van der Waals surface area contributed by atoms with Crippen LogP contribution < -0.4 is 16.2 Å². The number of carbonyl (C=O) groups is 3. The van der Waals surface area contributed by atoms with Crippen LogP contribution in [-0.4, -0.2) is 37.3 Å². The van der Waals surface area contributed by atoms with Crippen LogP contribution in [0.25, 0.3) is 6.08 Å². The molecule has 0 aliphatic heterocycles. The third-order valence-corrected chi connectivity index (χ3v) is 6.76. The van der Waals surface area contributed by atoms with E-state index in [9.17, 15) is 27.6 Å². The van der Waals surface area contributed by atoms with Gasteiger partial charge >= 0.3 is 24.1 Å². The molecule has 0 heterocycles. The summed E-state index contributed by atoms with van der Waals surface area (Å²) in [5.41, 5.74) is 13.1. The van der Waals surface area contributed by atoms with Gasteiger partial charge in [0.15, 0.2) is 0 Å². The quantitative estimate of drug-likeness (QED) is 0.102. The second-order valence-electron chi connectivity index (χ2n) is 10.0. The normalized spacial score (nSPS) is 17.2. The van der Waals surface area contributed by atoms with Crippen molar-refractivity contribution >= 4 is 35.4 Å². The number of nitrogens with two attached hydrogens (primary N) is 2. The SMILES string of the molecule is Nc1cc(N)cc(C(=O)OCCCCCCOC(=O)/C=C/c2ccc(OC(=O)C3CCC(C(F)(F)F)CC3)cc2)c1. The third-order valence-electron chi connectivity index (χ3n) is 6.76. The second-order valence-corrected chi connectivity index (χ2v) is 10.0. The highest BCUT2D eigenvalue weighted by molar-refractivity contribution is 5.91. The largest absolute Gasteiger partial charge is 0.463 e. The van der Waals surface area contributed by atoms with Crippen molar-refractivity contribution in [2.75, 3.05) is 24.7 Å². The Morgan fingerprint density at radius 3 is 2.00 bits per heavy atom. The molecule has 1 aliphatic carbocycles. The molecule has 0 unspecified atom stereocenters. The van der Waals surface area contributed by atoms with Crippen LogP contribution in [0.15, 0.2) is 48.5 Å². The van der Waals surface area contributed by atoms with Crippen LogP contribution in [0.1, 0.15) is 67.3 Å². The Balaban J connectivity index is 1.26. The molecule has 1 aliphatic rings. The number of alkyl halides is 3. The summed E-state index contributed by atoms with van der Waals surface area (Å²) in [6.45, 7) is 0.516. The Morgan fingerprint density at radius 1 is 0.829 bits per heavy atom. The van der Waals surface area contributed by atoms with Crippen LogP contribution in [0, 0.1) is 11.8 Å². The fraction of sp³-hybridized carbons (Fsp3) is 0.433. The summed E-state index contributed by atoms with van der Waals surface area (Å²) < 4.78 is 54.2. The van der Waals surface area contributed by atoms with Gasteiger partial charge in [-0.2, -0.15) is 13.2 Å². The molecule has 0 spiro atoms. The van der Waals surface area contributed by atoms with Crippen molar-refractivity contribution in [1.29, 1.82) is 0 Å². The number of nitrogen functional groups attached to an aromatic ring is 2. The number of halogens is 3. The molecule has 0 bridgehead atoms. The van der Waals surface area contributed by atoms with Crippen molar-refractivity contribution in [3.8, 4) is 5.75 Å². The maximum Gasteiger partial charge on any atom is 0.391 e. The lowest BCUT2D eigenvalue weighted by Gasteiger charge is -2.28. The van der Waals surface area contributed by atoms with Gasteiger partial charge in [-0.3, -0.25) is 4.79 Å². The van der Waals surface area contributed by atoms with Crippen molar-refractivity contribution in [2.24, 2.45) is 11.8 Å². The summed E-state index contributed by atoms with van der Waals surface area (Å²) in [4.78, 5) is 36.3. The third kappa shape index (κ3) is 10.8. The van der Waals surface area contributed by atoms with Gasteiger partial charge in [0.1, 0.15) is 5.75 Å². The molecule has 2 aromatic carbocycles. The van der Waals surface area contributed by atoms with E-state index in [4.69, 9.17) is 25.7 Å². The van der Waals surface area contributed by atoms with Crippen LogP contribution in [0.4, 0.5) is 24.5 Å². The fourth-order valence-corrected chi connectivity index (χ4v) is 4.49. The number of carbonyl (C=O) groups excluding carboxylic acids is 3. The van der Waals surface area contributed by atoms with Crippen molar-refractivity contribution in [2.45, 2.75) is 57.5 Å². The molecule has 1 fully saturated rings. The first-order valence-corrected chi connectivity index (χ1v) is 13.6. The minimum absolute atomic E-state index is 0.0669. The van der Waals surface area contributed by atoms with E-state index in [-0.39, 0.29) is 44.6 Å². The van der Waals surface area contributed by atoms with E-state index in [0.29, 0.717) is 35.3 Å². The molecular formula is C30H35F3N2O6. The first-order valence-electron chi connectivity index (χ1n) is 13.6. The smallest absolute Gasteiger partial charge is 0.391 e. The van der Waals surface area contributed by atoms with E-state index in [1.165, 1.54) is 18.2 Å². The minimum atomic E-state index is -4.22. The Morgan fingerprint density at radius 2 is 1.41 bits per heavy atom. The highest BCUT2D eigenvalue weighted by Crippen LogP contribution is 2.39. The maximum absolute atomic E-state index is 12.8. The van der Waals surface area contributed by atoms with Crippen molar-refractivity contribution < 1.29 is 41.8 Å². The zero-order valence-corrected chi connectivity index (χ0v) is 22.7. The molecule has 3 rings (SSSR count). The second kappa shape index (κ2) is 15.1. The van der Waals surface area contributed by atoms with Gasteiger partial charge in [-0.05, 0) is 93.3 Å². The molecule has 0 atom stereocenters. The van der Waals surface area contributed by atoms with E-state index in [1.807, 2.05) is 0 Å². The van der Waals surface area contributed by atoms with Crippen molar-refractivity contribution in [3.05, 3.63) is 59.7 Å². The van der Waals surface area contributed by atoms with Gasteiger partial charge in [0, 0.05) is 17.5 Å². The number of ether oxygens (including phenoxy) is 3. The molecule has 0 saturated heterocycles. The van der Waals surface area contributed by atoms with Gasteiger partial charge < -0.3 is 25.7 Å². The Hall–Kier alpha value is -4.02. The van der Waals surface area contributed by atoms with E-state index in [1.54, 1.807) is 36.4 Å². The first kappa shape index (κ1) is 31.5. The number of unbranched alkanes of at least 4 members (excludes halogenated alkanes) is 3. The summed E-state index contributed by atoms with van der Waals surface area (Å²) in [5, 5.41) is 0. The minimum Gasteiger partial charge on any atom is -0.463 e. The highest BCUT2D eigenvalue weighted by atomic mass is 19.4. The van der Waals surface area contributed by atoms with Crippen LogP contribution in [-0.2, 0) is 19.1 Å². The van der Waals surface area contributed by atoms with Gasteiger partial charge in [-0.15, -0.1) is 0 Å². The molecule has 11 heteroatoms. The van der Waals surface area contributed by atoms with Crippen molar-refractivity contribution in [3.63, 3.8) is 0 Å². The van der Waals surface area contributed by atoms with Crippen LogP contribution in [0.2, 0.25) is 0 Å². The molecule has 8 nitrogen and oxygen atoms in total. The number of esters is 3. The molecule has 0 radical (unpaired) electrons. The maximum atomic E-state index is 12.8. The number of benzene rings is 2. The molecule has 1 saturated carbocycles. The Labute approximate surface area is 236 Å². The number of rotatable bonds is 12. The fourth-order valence-electron chi connectivity index (χ4n) is 4.49. The topological polar surface area (TPSA) is 131 Å². The van der Waals surface area contributed by atoms with Crippen LogP contribution in [0.3, 0.4) is 0 Å². The average Bonchev–Trinajstić information content (AvgIpc) is 2.93.